The highest BCUT2D eigenvalue weighted by Crippen LogP contribution is 2.30. The van der Waals surface area contributed by atoms with Crippen molar-refractivity contribution in [2.45, 2.75) is 69.7 Å². The average Bonchev–Trinajstić information content (AvgIpc) is 2.40. The molecule has 2 fully saturated rings. The van der Waals surface area contributed by atoms with Crippen LogP contribution >= 0.6 is 0 Å². The van der Waals surface area contributed by atoms with E-state index in [4.69, 9.17) is 14.6 Å². The topological polar surface area (TPSA) is 38.7 Å². The first kappa shape index (κ1) is 13.3. The van der Waals surface area contributed by atoms with Gasteiger partial charge in [-0.05, 0) is 57.3 Å². The molecule has 2 rings (SSSR count). The minimum absolute atomic E-state index is 0.349. The van der Waals surface area contributed by atoms with E-state index in [0.29, 0.717) is 30.8 Å². The number of aliphatic hydroxyl groups is 1. The second-order valence-electron chi connectivity index (χ2n) is 5.61. The highest BCUT2D eigenvalue weighted by atomic mass is 16.5. The van der Waals surface area contributed by atoms with Crippen molar-refractivity contribution in [3.05, 3.63) is 0 Å². The van der Waals surface area contributed by atoms with Gasteiger partial charge >= 0.3 is 0 Å². The summed E-state index contributed by atoms with van der Waals surface area (Å²) in [5.74, 6) is 0.521. The molecule has 100 valence electrons. The van der Waals surface area contributed by atoms with E-state index in [2.05, 4.69) is 0 Å². The fourth-order valence-electron chi connectivity index (χ4n) is 3.16. The monoisotopic (exact) mass is 242 g/mol. The maximum atomic E-state index is 9.11. The van der Waals surface area contributed by atoms with Crippen LogP contribution in [-0.2, 0) is 9.47 Å². The molecule has 0 spiro atoms. The molecule has 0 bridgehead atoms. The third-order valence-corrected chi connectivity index (χ3v) is 4.35. The lowest BCUT2D eigenvalue weighted by Crippen LogP contribution is -2.33. The zero-order valence-electron chi connectivity index (χ0n) is 10.9. The molecule has 3 heteroatoms. The number of hydrogen-bond donors (Lipinski definition) is 1. The number of aliphatic hydroxyl groups excluding tert-OH is 1. The minimum atomic E-state index is 0.349. The summed E-state index contributed by atoms with van der Waals surface area (Å²) < 4.78 is 11.6. The molecule has 2 unspecified atom stereocenters. The molecule has 3 nitrogen and oxygen atoms in total. The van der Waals surface area contributed by atoms with Gasteiger partial charge in [-0.15, -0.1) is 0 Å². The van der Waals surface area contributed by atoms with Crippen molar-refractivity contribution in [2.75, 3.05) is 13.7 Å². The molecule has 2 atom stereocenters. The summed E-state index contributed by atoms with van der Waals surface area (Å²) in [5, 5.41) is 9.11. The Balaban J connectivity index is 1.70. The van der Waals surface area contributed by atoms with E-state index in [1.165, 1.54) is 19.3 Å². The first-order valence-electron chi connectivity index (χ1n) is 7.11. The molecule has 17 heavy (non-hydrogen) atoms. The minimum Gasteiger partial charge on any atom is -0.396 e. The standard InChI is InChI=1S/C14H26O3/c1-16-13-3-2-4-14(9-13)17-12-7-5-11(10-15)6-8-12/h11-15H,2-10H2,1H3. The van der Waals surface area contributed by atoms with E-state index >= 15 is 0 Å². The van der Waals surface area contributed by atoms with E-state index < -0.39 is 0 Å². The van der Waals surface area contributed by atoms with Crippen molar-refractivity contribution in [2.24, 2.45) is 5.92 Å². The molecule has 2 aliphatic carbocycles. The smallest absolute Gasteiger partial charge is 0.0603 e. The number of hydrogen-bond acceptors (Lipinski definition) is 3. The summed E-state index contributed by atoms with van der Waals surface area (Å²) in [6, 6.07) is 0. The quantitative estimate of drug-likeness (QED) is 0.823. The Kier molecular flexibility index (Phi) is 5.26. The van der Waals surface area contributed by atoms with Crippen LogP contribution in [0.25, 0.3) is 0 Å². The summed E-state index contributed by atoms with van der Waals surface area (Å²) in [4.78, 5) is 0. The van der Waals surface area contributed by atoms with Crippen molar-refractivity contribution >= 4 is 0 Å². The Morgan fingerprint density at radius 1 is 0.941 bits per heavy atom. The molecule has 0 radical (unpaired) electrons. The molecule has 0 amide bonds. The van der Waals surface area contributed by atoms with Crippen LogP contribution in [0.2, 0.25) is 0 Å². The molecular formula is C14H26O3. The maximum Gasteiger partial charge on any atom is 0.0603 e. The zero-order chi connectivity index (χ0) is 12.1. The van der Waals surface area contributed by atoms with Gasteiger partial charge in [0.1, 0.15) is 0 Å². The third-order valence-electron chi connectivity index (χ3n) is 4.35. The third kappa shape index (κ3) is 3.94. The lowest BCUT2D eigenvalue weighted by Gasteiger charge is -2.34. The molecule has 0 heterocycles. The summed E-state index contributed by atoms with van der Waals surface area (Å²) in [6.45, 7) is 0.349. The van der Waals surface area contributed by atoms with Crippen molar-refractivity contribution < 1.29 is 14.6 Å². The Bertz CT molecular complexity index is 212. The largest absolute Gasteiger partial charge is 0.396 e. The van der Waals surface area contributed by atoms with Crippen LogP contribution in [0.5, 0.6) is 0 Å². The number of ether oxygens (including phenoxy) is 2. The van der Waals surface area contributed by atoms with Crippen molar-refractivity contribution in [3.63, 3.8) is 0 Å². The average molecular weight is 242 g/mol. The lowest BCUT2D eigenvalue weighted by atomic mass is 9.87. The van der Waals surface area contributed by atoms with Crippen molar-refractivity contribution in [1.29, 1.82) is 0 Å². The van der Waals surface area contributed by atoms with Crippen LogP contribution in [0.15, 0.2) is 0 Å². The van der Waals surface area contributed by atoms with Crippen LogP contribution in [0.3, 0.4) is 0 Å². The normalized spacial score (nSPS) is 39.2. The molecule has 1 N–H and O–H groups in total. The molecule has 0 aromatic rings. The maximum absolute atomic E-state index is 9.11. The highest BCUT2D eigenvalue weighted by Gasteiger charge is 2.27. The number of rotatable bonds is 4. The summed E-state index contributed by atoms with van der Waals surface area (Å²) in [5.41, 5.74) is 0. The Morgan fingerprint density at radius 3 is 2.29 bits per heavy atom. The van der Waals surface area contributed by atoms with E-state index in [1.807, 2.05) is 0 Å². The van der Waals surface area contributed by atoms with Crippen LogP contribution in [0.4, 0.5) is 0 Å². The summed E-state index contributed by atoms with van der Waals surface area (Å²) in [7, 11) is 1.81. The van der Waals surface area contributed by atoms with E-state index in [0.717, 1.165) is 32.1 Å². The molecule has 0 aromatic heterocycles. The fraction of sp³-hybridized carbons (Fsp3) is 1.00. The molecule has 0 aromatic carbocycles. The van der Waals surface area contributed by atoms with Gasteiger partial charge < -0.3 is 14.6 Å². The van der Waals surface area contributed by atoms with E-state index in [-0.39, 0.29) is 0 Å². The molecular weight excluding hydrogens is 216 g/mol. The Hall–Kier alpha value is -0.120. The zero-order valence-corrected chi connectivity index (χ0v) is 10.9. The highest BCUT2D eigenvalue weighted by molar-refractivity contribution is 4.78. The van der Waals surface area contributed by atoms with Crippen molar-refractivity contribution in [1.82, 2.24) is 0 Å². The van der Waals surface area contributed by atoms with Gasteiger partial charge in [0.25, 0.3) is 0 Å². The second-order valence-corrected chi connectivity index (χ2v) is 5.61. The van der Waals surface area contributed by atoms with Crippen LogP contribution < -0.4 is 0 Å². The first-order chi connectivity index (χ1) is 8.31. The first-order valence-corrected chi connectivity index (χ1v) is 7.11. The van der Waals surface area contributed by atoms with E-state index in [9.17, 15) is 0 Å². The molecule has 2 saturated carbocycles. The van der Waals surface area contributed by atoms with Gasteiger partial charge in [-0.1, -0.05) is 0 Å². The van der Waals surface area contributed by atoms with Gasteiger partial charge in [-0.25, -0.2) is 0 Å². The van der Waals surface area contributed by atoms with Gasteiger partial charge in [0.15, 0.2) is 0 Å². The van der Waals surface area contributed by atoms with Crippen LogP contribution in [-0.4, -0.2) is 37.1 Å². The van der Waals surface area contributed by atoms with Crippen LogP contribution in [0, 0.1) is 5.92 Å². The Labute approximate surface area is 104 Å². The predicted molar refractivity (Wildman–Crippen MR) is 67.0 cm³/mol. The molecule has 2 aliphatic rings. The lowest BCUT2D eigenvalue weighted by molar-refractivity contribution is -0.0802. The molecule has 0 saturated heterocycles. The van der Waals surface area contributed by atoms with Gasteiger partial charge in [0.2, 0.25) is 0 Å². The summed E-state index contributed by atoms with van der Waals surface area (Å²) in [6.07, 6.45) is 10.4. The van der Waals surface area contributed by atoms with Gasteiger partial charge in [0.05, 0.1) is 18.3 Å². The van der Waals surface area contributed by atoms with Gasteiger partial charge in [0, 0.05) is 13.7 Å². The summed E-state index contributed by atoms with van der Waals surface area (Å²) >= 11 is 0. The van der Waals surface area contributed by atoms with Gasteiger partial charge in [-0.3, -0.25) is 0 Å². The van der Waals surface area contributed by atoms with Crippen LogP contribution in [0.1, 0.15) is 51.4 Å². The number of methoxy groups -OCH3 is 1. The second kappa shape index (κ2) is 6.72. The van der Waals surface area contributed by atoms with Crippen molar-refractivity contribution in [3.8, 4) is 0 Å². The fourth-order valence-corrected chi connectivity index (χ4v) is 3.16. The van der Waals surface area contributed by atoms with E-state index in [1.54, 1.807) is 7.11 Å². The Morgan fingerprint density at radius 2 is 1.65 bits per heavy atom. The predicted octanol–water partition coefficient (Wildman–Crippen LogP) is 2.51. The SMILES string of the molecule is COC1CCCC(OC2CCC(CO)CC2)C1. The van der Waals surface area contributed by atoms with Gasteiger partial charge in [-0.2, -0.15) is 0 Å². The molecule has 0 aliphatic heterocycles.